The van der Waals surface area contributed by atoms with Gasteiger partial charge < -0.3 is 15.1 Å². The van der Waals surface area contributed by atoms with E-state index in [0.717, 1.165) is 62.1 Å². The van der Waals surface area contributed by atoms with Crippen molar-refractivity contribution in [3.05, 3.63) is 102 Å². The summed E-state index contributed by atoms with van der Waals surface area (Å²) in [6, 6.07) is 28.9. The molecule has 4 nitrogen and oxygen atoms in total. The Bertz CT molecular complexity index is 1100. The maximum absolute atomic E-state index is 12.5. The van der Waals surface area contributed by atoms with Gasteiger partial charge in [0.1, 0.15) is 11.3 Å². The fourth-order valence-electron chi connectivity index (χ4n) is 6.95. The van der Waals surface area contributed by atoms with Gasteiger partial charge in [-0.15, -0.1) is 0 Å². The minimum absolute atomic E-state index is 0.0498. The number of hydrogen-bond donors (Lipinski definition) is 2. The van der Waals surface area contributed by atoms with E-state index in [4.69, 9.17) is 0 Å². The highest BCUT2D eigenvalue weighted by Gasteiger charge is 2.43. The van der Waals surface area contributed by atoms with Crippen LogP contribution in [0.2, 0.25) is 0 Å². The molecule has 4 heteroatoms. The number of aliphatic hydroxyl groups is 2. The van der Waals surface area contributed by atoms with Crippen LogP contribution in [0.3, 0.4) is 0 Å². The molecule has 2 N–H and O–H groups in total. The number of piperidine rings is 2. The van der Waals surface area contributed by atoms with Crippen molar-refractivity contribution in [2.24, 2.45) is 5.92 Å². The lowest BCUT2D eigenvalue weighted by molar-refractivity contribution is -0.136. The smallest absolute Gasteiger partial charge is 0.144 e. The van der Waals surface area contributed by atoms with Gasteiger partial charge in [0.2, 0.25) is 0 Å². The molecular formula is C35H46N2O2. The predicted octanol–water partition coefficient (Wildman–Crippen LogP) is 7.05. The van der Waals surface area contributed by atoms with Gasteiger partial charge in [-0.05, 0) is 86.1 Å². The van der Waals surface area contributed by atoms with Gasteiger partial charge in [-0.3, -0.25) is 4.90 Å². The van der Waals surface area contributed by atoms with Gasteiger partial charge in [0.25, 0.3) is 0 Å². The Kier molecular flexibility index (Phi) is 9.06. The number of rotatable bonds is 10. The van der Waals surface area contributed by atoms with Crippen LogP contribution in [0.15, 0.2) is 84.9 Å². The molecule has 0 bridgehead atoms. The molecule has 2 heterocycles. The Morgan fingerprint density at radius 3 is 1.67 bits per heavy atom. The maximum Gasteiger partial charge on any atom is 0.144 e. The average molecular weight is 527 g/mol. The minimum Gasteiger partial charge on any atom is -0.380 e. The largest absolute Gasteiger partial charge is 0.380 e. The molecule has 0 aliphatic carbocycles. The van der Waals surface area contributed by atoms with Crippen LogP contribution in [0.5, 0.6) is 0 Å². The van der Waals surface area contributed by atoms with Crippen LogP contribution >= 0.6 is 0 Å². The summed E-state index contributed by atoms with van der Waals surface area (Å²) in [6.45, 7) is 6.21. The molecule has 0 saturated carbocycles. The van der Waals surface area contributed by atoms with Crippen LogP contribution in [0, 0.1) is 5.92 Å². The first-order valence-electron chi connectivity index (χ1n) is 15.2. The van der Waals surface area contributed by atoms with Gasteiger partial charge in [0.15, 0.2) is 0 Å². The standard InChI is InChI=1S/C35H46N2O2/c1-2-29(35(39,31-15-7-3-8-16-31)32-17-9-4-10-18-32)23-24-34(38,37-27-13-6-14-28-37)30-19-21-33(22-20-30)36-25-11-5-12-26-36/h3-4,7-10,15-22,29,38-39H,2,5-6,11-14,23-28H2,1H3. The van der Waals surface area contributed by atoms with Gasteiger partial charge in [0.05, 0.1) is 0 Å². The van der Waals surface area contributed by atoms with Crippen molar-refractivity contribution in [1.82, 2.24) is 4.90 Å². The molecule has 2 unspecified atom stereocenters. The SMILES string of the molecule is CCC(CCC(O)(c1ccc(N2CCCCC2)cc1)N1CCCCC1)C(O)(c1ccccc1)c1ccccc1. The molecule has 5 rings (SSSR count). The van der Waals surface area contributed by atoms with E-state index in [0.29, 0.717) is 12.8 Å². The average Bonchev–Trinajstić information content (AvgIpc) is 3.03. The molecule has 208 valence electrons. The van der Waals surface area contributed by atoms with E-state index in [1.807, 2.05) is 60.7 Å². The molecule has 0 aromatic heterocycles. The summed E-state index contributed by atoms with van der Waals surface area (Å²) in [5.74, 6) is -0.0498. The lowest BCUT2D eigenvalue weighted by Crippen LogP contribution is -2.49. The summed E-state index contributed by atoms with van der Waals surface area (Å²) in [6.07, 6.45) is 9.37. The molecule has 2 saturated heterocycles. The molecule has 0 spiro atoms. The third-order valence-corrected chi connectivity index (χ3v) is 9.28. The zero-order chi connectivity index (χ0) is 27.1. The van der Waals surface area contributed by atoms with Gasteiger partial charge in [-0.1, -0.05) is 86.1 Å². The van der Waals surface area contributed by atoms with E-state index in [-0.39, 0.29) is 5.92 Å². The second-order valence-corrected chi connectivity index (χ2v) is 11.6. The summed E-state index contributed by atoms with van der Waals surface area (Å²) >= 11 is 0. The maximum atomic E-state index is 12.5. The van der Waals surface area contributed by atoms with E-state index >= 15 is 0 Å². The molecule has 2 aliphatic heterocycles. The zero-order valence-electron chi connectivity index (χ0n) is 23.6. The lowest BCUT2D eigenvalue weighted by atomic mass is 9.72. The molecule has 0 radical (unpaired) electrons. The van der Waals surface area contributed by atoms with Gasteiger partial charge in [0, 0.05) is 31.9 Å². The Labute approximate surface area is 235 Å². The van der Waals surface area contributed by atoms with Crippen molar-refractivity contribution in [2.45, 2.75) is 76.0 Å². The van der Waals surface area contributed by atoms with Crippen LogP contribution in [-0.4, -0.2) is 41.3 Å². The van der Waals surface area contributed by atoms with Crippen molar-refractivity contribution in [3.63, 3.8) is 0 Å². The zero-order valence-corrected chi connectivity index (χ0v) is 23.6. The number of likely N-dealkylation sites (tertiary alicyclic amines) is 1. The fraction of sp³-hybridized carbons (Fsp3) is 0.486. The highest BCUT2D eigenvalue weighted by molar-refractivity contribution is 5.48. The topological polar surface area (TPSA) is 46.9 Å². The molecule has 3 aromatic rings. The molecule has 2 aliphatic rings. The monoisotopic (exact) mass is 526 g/mol. The van der Waals surface area contributed by atoms with Crippen molar-refractivity contribution in [2.75, 3.05) is 31.1 Å². The lowest BCUT2D eigenvalue weighted by Gasteiger charge is -2.44. The summed E-state index contributed by atoms with van der Waals surface area (Å²) in [5, 5.41) is 25.0. The quantitative estimate of drug-likeness (QED) is 0.297. The molecule has 3 aromatic carbocycles. The van der Waals surface area contributed by atoms with Crippen molar-refractivity contribution in [1.29, 1.82) is 0 Å². The number of benzene rings is 3. The first-order valence-corrected chi connectivity index (χ1v) is 15.2. The van der Waals surface area contributed by atoms with E-state index in [9.17, 15) is 10.2 Å². The van der Waals surface area contributed by atoms with Crippen LogP contribution in [0.4, 0.5) is 5.69 Å². The molecule has 2 atom stereocenters. The third-order valence-electron chi connectivity index (χ3n) is 9.28. The number of hydrogen-bond acceptors (Lipinski definition) is 4. The first kappa shape index (κ1) is 27.9. The summed E-state index contributed by atoms with van der Waals surface area (Å²) in [5.41, 5.74) is 1.88. The summed E-state index contributed by atoms with van der Waals surface area (Å²) < 4.78 is 0. The summed E-state index contributed by atoms with van der Waals surface area (Å²) in [4.78, 5) is 4.77. The Morgan fingerprint density at radius 1 is 0.641 bits per heavy atom. The molecule has 2 fully saturated rings. The van der Waals surface area contributed by atoms with Gasteiger partial charge in [-0.25, -0.2) is 0 Å². The number of nitrogens with zero attached hydrogens (tertiary/aromatic N) is 2. The highest BCUT2D eigenvalue weighted by atomic mass is 16.3. The normalized spacial score (nSPS) is 19.4. The Hall–Kier alpha value is -2.66. The van der Waals surface area contributed by atoms with Crippen LogP contribution in [-0.2, 0) is 11.3 Å². The van der Waals surface area contributed by atoms with E-state index in [1.165, 1.54) is 31.4 Å². The van der Waals surface area contributed by atoms with Crippen molar-refractivity contribution >= 4 is 5.69 Å². The second-order valence-electron chi connectivity index (χ2n) is 11.6. The Balaban J connectivity index is 1.44. The molecule has 39 heavy (non-hydrogen) atoms. The van der Waals surface area contributed by atoms with Crippen LogP contribution in [0.1, 0.15) is 81.4 Å². The molecular weight excluding hydrogens is 480 g/mol. The third kappa shape index (κ3) is 5.94. The van der Waals surface area contributed by atoms with E-state index in [1.54, 1.807) is 0 Å². The number of anilines is 1. The first-order chi connectivity index (χ1) is 19.1. The Morgan fingerprint density at radius 2 is 1.15 bits per heavy atom. The predicted molar refractivity (Wildman–Crippen MR) is 161 cm³/mol. The van der Waals surface area contributed by atoms with E-state index < -0.39 is 11.3 Å². The van der Waals surface area contributed by atoms with Crippen LogP contribution in [0.25, 0.3) is 0 Å². The van der Waals surface area contributed by atoms with Crippen molar-refractivity contribution in [3.8, 4) is 0 Å². The van der Waals surface area contributed by atoms with Gasteiger partial charge >= 0.3 is 0 Å². The summed E-state index contributed by atoms with van der Waals surface area (Å²) in [7, 11) is 0. The minimum atomic E-state index is -1.13. The fourth-order valence-corrected chi connectivity index (χ4v) is 6.95. The second kappa shape index (κ2) is 12.7. The van der Waals surface area contributed by atoms with Gasteiger partial charge in [-0.2, -0.15) is 0 Å². The van der Waals surface area contributed by atoms with Crippen LogP contribution < -0.4 is 4.90 Å². The highest BCUT2D eigenvalue weighted by Crippen LogP contribution is 2.44. The van der Waals surface area contributed by atoms with E-state index in [2.05, 4.69) is 41.0 Å². The van der Waals surface area contributed by atoms with Crippen molar-refractivity contribution < 1.29 is 10.2 Å². The molecule has 0 amide bonds.